The largest absolute Gasteiger partial charge is 0.474 e. The van der Waals surface area contributed by atoms with Crippen LogP contribution in [-0.4, -0.2) is 45.2 Å². The SMILES string of the molecule is C[C@@H]1[C@H]2CCc3c(OC4CCCC4)nc(-c4cc(CO)nc5ccccc45)nc3[C@]2(C)CCC12OCCO2. The molecule has 2 aromatic heterocycles. The summed E-state index contributed by atoms with van der Waals surface area (Å²) in [6.07, 6.45) is 8.55. The molecule has 3 fully saturated rings. The maximum Gasteiger partial charge on any atom is 0.220 e. The summed E-state index contributed by atoms with van der Waals surface area (Å²) in [6.45, 7) is 5.92. The Morgan fingerprint density at radius 1 is 1.03 bits per heavy atom. The highest BCUT2D eigenvalue weighted by Gasteiger charge is 2.58. The molecule has 200 valence electrons. The highest BCUT2D eigenvalue weighted by atomic mass is 16.7. The molecule has 7 heteroatoms. The van der Waals surface area contributed by atoms with Crippen molar-refractivity contribution in [3.05, 3.63) is 47.3 Å². The molecule has 1 saturated heterocycles. The first kappa shape index (κ1) is 24.4. The molecule has 3 aliphatic carbocycles. The number of ether oxygens (including phenoxy) is 3. The molecule has 3 aromatic rings. The zero-order chi connectivity index (χ0) is 25.9. The predicted molar refractivity (Wildman–Crippen MR) is 144 cm³/mol. The second-order valence-electron chi connectivity index (χ2n) is 11.9. The molecule has 1 aromatic carbocycles. The van der Waals surface area contributed by atoms with Gasteiger partial charge in [0.15, 0.2) is 11.6 Å². The Morgan fingerprint density at radius 3 is 2.61 bits per heavy atom. The van der Waals surface area contributed by atoms with Gasteiger partial charge in [-0.2, -0.15) is 4.98 Å². The number of hydrogen-bond donors (Lipinski definition) is 1. The fourth-order valence-corrected chi connectivity index (χ4v) is 7.78. The van der Waals surface area contributed by atoms with Crippen LogP contribution in [0.5, 0.6) is 5.88 Å². The second-order valence-corrected chi connectivity index (χ2v) is 11.9. The molecule has 2 saturated carbocycles. The first-order valence-electron chi connectivity index (χ1n) is 14.4. The van der Waals surface area contributed by atoms with Crippen molar-refractivity contribution in [2.75, 3.05) is 13.2 Å². The Morgan fingerprint density at radius 2 is 1.82 bits per heavy atom. The number of nitrogens with zero attached hydrogens (tertiary/aromatic N) is 3. The number of aliphatic hydroxyl groups excluding tert-OH is 1. The van der Waals surface area contributed by atoms with Crippen LogP contribution in [0.15, 0.2) is 30.3 Å². The first-order valence-corrected chi connectivity index (χ1v) is 14.4. The Kier molecular flexibility index (Phi) is 5.95. The molecule has 0 radical (unpaired) electrons. The number of pyridine rings is 1. The summed E-state index contributed by atoms with van der Waals surface area (Å²) < 4.78 is 19.2. The van der Waals surface area contributed by atoms with Gasteiger partial charge in [0.25, 0.3) is 0 Å². The standard InChI is InChI=1S/C31H37N3O4/c1-19-25-12-11-23-27(30(25,2)13-14-31(19)36-15-16-37-31)33-28(34-29(23)38-21-7-3-4-8-21)24-17-20(18-35)32-26-10-6-5-9-22(24)26/h5-6,9-10,17,19,21,25,35H,3-4,7-8,11-16,18H2,1-2H3/t19-,25-,30-/m1/s1. The third-order valence-electron chi connectivity index (χ3n) is 9.85. The number of hydrogen-bond acceptors (Lipinski definition) is 7. The summed E-state index contributed by atoms with van der Waals surface area (Å²) in [7, 11) is 0. The van der Waals surface area contributed by atoms with Crippen LogP contribution in [0.1, 0.15) is 75.7 Å². The van der Waals surface area contributed by atoms with E-state index in [0.29, 0.717) is 30.7 Å². The molecular weight excluding hydrogens is 478 g/mol. The van der Waals surface area contributed by atoms with E-state index in [2.05, 4.69) is 24.9 Å². The summed E-state index contributed by atoms with van der Waals surface area (Å²) in [5.74, 6) is 1.62. The summed E-state index contributed by atoms with van der Waals surface area (Å²) in [5.41, 5.74) is 4.52. The van der Waals surface area contributed by atoms with Crippen molar-refractivity contribution in [2.24, 2.45) is 11.8 Å². The molecule has 4 aliphatic rings. The van der Waals surface area contributed by atoms with Crippen LogP contribution in [-0.2, 0) is 27.9 Å². The number of aliphatic hydroxyl groups is 1. The molecular formula is C31H37N3O4. The van der Waals surface area contributed by atoms with Gasteiger partial charge >= 0.3 is 0 Å². The van der Waals surface area contributed by atoms with Crippen molar-refractivity contribution in [1.82, 2.24) is 15.0 Å². The van der Waals surface area contributed by atoms with Crippen molar-refractivity contribution >= 4 is 10.9 Å². The topological polar surface area (TPSA) is 86.6 Å². The summed E-state index contributed by atoms with van der Waals surface area (Å²) >= 11 is 0. The third-order valence-corrected chi connectivity index (χ3v) is 9.85. The highest BCUT2D eigenvalue weighted by Crippen LogP contribution is 2.57. The lowest BCUT2D eigenvalue weighted by atomic mass is 9.55. The Labute approximate surface area is 224 Å². The van der Waals surface area contributed by atoms with Gasteiger partial charge in [-0.15, -0.1) is 0 Å². The van der Waals surface area contributed by atoms with Crippen LogP contribution >= 0.6 is 0 Å². The highest BCUT2D eigenvalue weighted by molar-refractivity contribution is 5.93. The fraction of sp³-hybridized carbons (Fsp3) is 0.581. The molecule has 7 rings (SSSR count). The van der Waals surface area contributed by atoms with Gasteiger partial charge in [0, 0.05) is 34.3 Å². The van der Waals surface area contributed by atoms with Gasteiger partial charge in [0.1, 0.15) is 6.10 Å². The molecule has 7 nitrogen and oxygen atoms in total. The van der Waals surface area contributed by atoms with E-state index < -0.39 is 5.79 Å². The van der Waals surface area contributed by atoms with Crippen LogP contribution in [0.25, 0.3) is 22.3 Å². The minimum absolute atomic E-state index is 0.123. The van der Waals surface area contributed by atoms with E-state index in [4.69, 9.17) is 24.2 Å². The second kappa shape index (κ2) is 9.25. The van der Waals surface area contributed by atoms with E-state index in [1.54, 1.807) is 0 Å². The van der Waals surface area contributed by atoms with Crippen LogP contribution in [0, 0.1) is 11.8 Å². The van der Waals surface area contributed by atoms with Crippen molar-refractivity contribution < 1.29 is 19.3 Å². The molecule has 1 N–H and O–H groups in total. The molecule has 0 bridgehead atoms. The number of benzene rings is 1. The van der Waals surface area contributed by atoms with Gasteiger partial charge < -0.3 is 19.3 Å². The van der Waals surface area contributed by atoms with Gasteiger partial charge in [-0.25, -0.2) is 4.98 Å². The molecule has 3 atom stereocenters. The lowest BCUT2D eigenvalue weighted by Gasteiger charge is -2.54. The molecule has 1 spiro atoms. The van der Waals surface area contributed by atoms with Gasteiger partial charge in [-0.1, -0.05) is 32.0 Å². The predicted octanol–water partition coefficient (Wildman–Crippen LogP) is 5.50. The van der Waals surface area contributed by atoms with Gasteiger partial charge in [-0.3, -0.25) is 4.98 Å². The number of aromatic nitrogens is 3. The lowest BCUT2D eigenvalue weighted by Crippen LogP contribution is -2.55. The van der Waals surface area contributed by atoms with Crippen LogP contribution in [0.2, 0.25) is 0 Å². The molecule has 38 heavy (non-hydrogen) atoms. The van der Waals surface area contributed by atoms with E-state index in [1.807, 2.05) is 24.3 Å². The third kappa shape index (κ3) is 3.77. The Bertz CT molecular complexity index is 1360. The van der Waals surface area contributed by atoms with E-state index in [0.717, 1.165) is 66.6 Å². The lowest BCUT2D eigenvalue weighted by molar-refractivity contribution is -0.234. The van der Waals surface area contributed by atoms with Crippen LogP contribution in [0.3, 0.4) is 0 Å². The van der Waals surface area contributed by atoms with Gasteiger partial charge in [-0.05, 0) is 63.0 Å². The normalized spacial score (nSPS) is 28.5. The summed E-state index contributed by atoms with van der Waals surface area (Å²) in [6, 6.07) is 9.96. The zero-order valence-electron chi connectivity index (χ0n) is 22.4. The van der Waals surface area contributed by atoms with Crippen LogP contribution < -0.4 is 4.74 Å². The minimum Gasteiger partial charge on any atom is -0.474 e. The fourth-order valence-electron chi connectivity index (χ4n) is 7.78. The number of para-hydroxylation sites is 1. The average Bonchev–Trinajstić information content (AvgIpc) is 3.64. The summed E-state index contributed by atoms with van der Waals surface area (Å²) in [5, 5.41) is 11.0. The zero-order valence-corrected chi connectivity index (χ0v) is 22.4. The summed E-state index contributed by atoms with van der Waals surface area (Å²) in [4.78, 5) is 15.1. The van der Waals surface area contributed by atoms with Crippen molar-refractivity contribution in [3.8, 4) is 17.3 Å². The molecule has 0 amide bonds. The molecule has 0 unspecified atom stereocenters. The van der Waals surface area contributed by atoms with E-state index >= 15 is 0 Å². The minimum atomic E-state index is -0.460. The Hall–Kier alpha value is -2.61. The van der Waals surface area contributed by atoms with Crippen molar-refractivity contribution in [2.45, 2.75) is 89.1 Å². The van der Waals surface area contributed by atoms with E-state index in [-0.39, 0.29) is 24.0 Å². The van der Waals surface area contributed by atoms with Gasteiger partial charge in [0.05, 0.1) is 36.7 Å². The molecule has 3 heterocycles. The quantitative estimate of drug-likeness (QED) is 0.491. The maximum atomic E-state index is 9.98. The number of fused-ring (bicyclic) bond motifs is 4. The average molecular weight is 516 g/mol. The van der Waals surface area contributed by atoms with E-state index in [1.165, 1.54) is 18.4 Å². The van der Waals surface area contributed by atoms with Crippen molar-refractivity contribution in [3.63, 3.8) is 0 Å². The smallest absolute Gasteiger partial charge is 0.220 e. The van der Waals surface area contributed by atoms with Crippen molar-refractivity contribution in [1.29, 1.82) is 0 Å². The van der Waals surface area contributed by atoms with Crippen LogP contribution in [0.4, 0.5) is 0 Å². The van der Waals surface area contributed by atoms with Gasteiger partial charge in [0.2, 0.25) is 5.88 Å². The Balaban J connectivity index is 1.40. The maximum absolute atomic E-state index is 9.98. The van der Waals surface area contributed by atoms with E-state index in [9.17, 15) is 5.11 Å². The monoisotopic (exact) mass is 515 g/mol. The molecule has 1 aliphatic heterocycles. The number of rotatable bonds is 4. The first-order chi connectivity index (χ1) is 18.5.